The summed E-state index contributed by atoms with van der Waals surface area (Å²) in [6.07, 6.45) is -4.66. The highest BCUT2D eigenvalue weighted by Crippen LogP contribution is 2.32. The summed E-state index contributed by atoms with van der Waals surface area (Å²) < 4.78 is 39.3. The molecule has 1 saturated heterocycles. The van der Waals surface area contributed by atoms with Crippen LogP contribution in [0.25, 0.3) is 0 Å². The van der Waals surface area contributed by atoms with Crippen molar-refractivity contribution in [1.82, 2.24) is 0 Å². The molecule has 1 fully saturated rings. The Kier molecular flexibility index (Phi) is 1.58. The molecule has 1 aliphatic heterocycles. The van der Waals surface area contributed by atoms with Crippen molar-refractivity contribution in [2.45, 2.75) is 12.6 Å². The van der Waals surface area contributed by atoms with Crippen molar-refractivity contribution in [2.24, 2.45) is 5.92 Å². The van der Waals surface area contributed by atoms with Crippen LogP contribution in [-0.4, -0.2) is 18.8 Å². The van der Waals surface area contributed by atoms with Crippen LogP contribution in [0.4, 0.5) is 13.2 Å². The van der Waals surface area contributed by atoms with E-state index in [1.807, 2.05) is 0 Å². The summed E-state index contributed by atoms with van der Waals surface area (Å²) in [6, 6.07) is 0. The lowest BCUT2D eigenvalue weighted by molar-refractivity contribution is -0.185. The predicted molar refractivity (Wildman–Crippen MR) is 25.1 cm³/mol. The highest BCUT2D eigenvalue weighted by atomic mass is 19.4. The summed E-state index contributed by atoms with van der Waals surface area (Å²) in [5.74, 6) is -3.03. The normalized spacial score (nSPS) is 26.7. The van der Waals surface area contributed by atoms with Gasteiger partial charge in [0.1, 0.15) is 0 Å². The third-order valence-corrected chi connectivity index (χ3v) is 1.33. The lowest BCUT2D eigenvalue weighted by Crippen LogP contribution is -2.26. The van der Waals surface area contributed by atoms with E-state index < -0.39 is 18.1 Å². The average Bonchev–Trinajstić information content (AvgIpc) is 2.11. The summed E-state index contributed by atoms with van der Waals surface area (Å²) in [4.78, 5) is 10.3. The van der Waals surface area contributed by atoms with Crippen LogP contribution in [0.15, 0.2) is 0 Å². The number of rotatable bonds is 0. The fraction of sp³-hybridized carbons (Fsp3) is 0.800. The number of ether oxygens (including phenoxy) is 1. The first-order chi connectivity index (χ1) is 4.52. The van der Waals surface area contributed by atoms with Crippen molar-refractivity contribution in [1.29, 1.82) is 0 Å². The molecule has 1 aliphatic rings. The fourth-order valence-electron chi connectivity index (χ4n) is 0.793. The van der Waals surface area contributed by atoms with Gasteiger partial charge in [-0.05, 0) is 0 Å². The Morgan fingerprint density at radius 1 is 1.50 bits per heavy atom. The minimum absolute atomic E-state index is 0.108. The first-order valence-electron chi connectivity index (χ1n) is 2.75. The molecule has 0 saturated carbocycles. The molecule has 58 valence electrons. The van der Waals surface area contributed by atoms with Gasteiger partial charge < -0.3 is 4.74 Å². The Morgan fingerprint density at radius 3 is 2.30 bits per heavy atom. The van der Waals surface area contributed by atoms with Gasteiger partial charge >= 0.3 is 12.1 Å². The Morgan fingerprint density at radius 2 is 2.10 bits per heavy atom. The second kappa shape index (κ2) is 2.14. The average molecular weight is 154 g/mol. The fourth-order valence-corrected chi connectivity index (χ4v) is 0.793. The van der Waals surface area contributed by atoms with Crippen molar-refractivity contribution >= 4 is 5.97 Å². The standard InChI is InChI=1S/C5H5F3O2/c6-5(7,8)3-1-2-10-4(3)9/h3H,1-2H2/t3-/m0/s1. The highest BCUT2D eigenvalue weighted by molar-refractivity contribution is 5.74. The molecule has 0 aliphatic carbocycles. The summed E-state index contributed by atoms with van der Waals surface area (Å²) in [6.45, 7) is -0.108. The van der Waals surface area contributed by atoms with Crippen molar-refractivity contribution in [3.8, 4) is 0 Å². The second-order valence-electron chi connectivity index (χ2n) is 2.05. The monoisotopic (exact) mass is 154 g/mol. The van der Waals surface area contributed by atoms with E-state index in [1.165, 1.54) is 0 Å². The minimum atomic E-state index is -4.42. The van der Waals surface area contributed by atoms with Crippen LogP contribution in [0.2, 0.25) is 0 Å². The predicted octanol–water partition coefficient (Wildman–Crippen LogP) is 1.11. The van der Waals surface area contributed by atoms with E-state index in [2.05, 4.69) is 4.74 Å². The van der Waals surface area contributed by atoms with Crippen LogP contribution in [0.3, 0.4) is 0 Å². The summed E-state index contributed by atoms with van der Waals surface area (Å²) >= 11 is 0. The number of hydrogen-bond acceptors (Lipinski definition) is 2. The zero-order chi connectivity index (χ0) is 7.78. The Balaban J connectivity index is 2.64. The quantitative estimate of drug-likeness (QED) is 0.488. The van der Waals surface area contributed by atoms with E-state index >= 15 is 0 Å². The third kappa shape index (κ3) is 1.22. The molecule has 0 aromatic rings. The molecule has 0 radical (unpaired) electrons. The van der Waals surface area contributed by atoms with Gasteiger partial charge in [0.15, 0.2) is 5.92 Å². The van der Waals surface area contributed by atoms with Crippen LogP contribution in [0.5, 0.6) is 0 Å². The summed E-state index contributed by atoms with van der Waals surface area (Å²) in [5.41, 5.74) is 0. The molecule has 1 atom stereocenters. The maximum atomic E-state index is 11.7. The Labute approximate surface area is 55.0 Å². The van der Waals surface area contributed by atoms with Crippen molar-refractivity contribution in [2.75, 3.05) is 6.61 Å². The maximum Gasteiger partial charge on any atom is 0.402 e. The summed E-state index contributed by atoms with van der Waals surface area (Å²) in [7, 11) is 0. The van der Waals surface area contributed by atoms with E-state index in [0.29, 0.717) is 0 Å². The van der Waals surface area contributed by atoms with E-state index in [9.17, 15) is 18.0 Å². The molecule has 0 N–H and O–H groups in total. The SMILES string of the molecule is O=C1OCC[C@@H]1C(F)(F)F. The molecule has 1 heterocycles. The van der Waals surface area contributed by atoms with Gasteiger partial charge in [-0.15, -0.1) is 0 Å². The van der Waals surface area contributed by atoms with Gasteiger partial charge in [-0.1, -0.05) is 0 Å². The zero-order valence-electron chi connectivity index (χ0n) is 4.94. The molecule has 0 aromatic carbocycles. The van der Waals surface area contributed by atoms with E-state index in [-0.39, 0.29) is 13.0 Å². The third-order valence-electron chi connectivity index (χ3n) is 1.33. The van der Waals surface area contributed by atoms with Gasteiger partial charge in [-0.25, -0.2) is 0 Å². The molecular formula is C5H5F3O2. The molecule has 1 rings (SSSR count). The number of alkyl halides is 3. The Bertz CT molecular complexity index is 151. The largest absolute Gasteiger partial charge is 0.465 e. The van der Waals surface area contributed by atoms with Gasteiger partial charge in [0.05, 0.1) is 6.61 Å². The molecule has 5 heteroatoms. The van der Waals surface area contributed by atoms with Gasteiger partial charge in [-0.3, -0.25) is 4.79 Å². The first kappa shape index (κ1) is 7.37. The van der Waals surface area contributed by atoms with E-state index in [1.54, 1.807) is 0 Å². The number of carbonyl (C=O) groups is 1. The lowest BCUT2D eigenvalue weighted by Gasteiger charge is -2.08. The number of hydrogen-bond donors (Lipinski definition) is 0. The maximum absolute atomic E-state index is 11.7. The number of halogens is 3. The number of esters is 1. The van der Waals surface area contributed by atoms with Gasteiger partial charge in [0, 0.05) is 6.42 Å². The lowest BCUT2D eigenvalue weighted by atomic mass is 10.1. The van der Waals surface area contributed by atoms with Crippen molar-refractivity contribution in [3.63, 3.8) is 0 Å². The number of cyclic esters (lactones) is 1. The van der Waals surface area contributed by atoms with Gasteiger partial charge in [0.2, 0.25) is 0 Å². The van der Waals surface area contributed by atoms with E-state index in [0.717, 1.165) is 0 Å². The number of carbonyl (C=O) groups excluding carboxylic acids is 1. The molecule has 10 heavy (non-hydrogen) atoms. The topological polar surface area (TPSA) is 26.3 Å². The van der Waals surface area contributed by atoms with Crippen molar-refractivity contribution in [3.05, 3.63) is 0 Å². The zero-order valence-corrected chi connectivity index (χ0v) is 4.94. The molecule has 2 nitrogen and oxygen atoms in total. The smallest absolute Gasteiger partial charge is 0.402 e. The van der Waals surface area contributed by atoms with Crippen LogP contribution in [0.1, 0.15) is 6.42 Å². The molecule has 0 unspecified atom stereocenters. The van der Waals surface area contributed by atoms with Crippen LogP contribution in [0, 0.1) is 5.92 Å². The first-order valence-corrected chi connectivity index (χ1v) is 2.75. The highest BCUT2D eigenvalue weighted by Gasteiger charge is 2.48. The molecule has 0 bridgehead atoms. The Hall–Kier alpha value is -0.740. The molecule has 0 amide bonds. The van der Waals surface area contributed by atoms with Crippen LogP contribution >= 0.6 is 0 Å². The van der Waals surface area contributed by atoms with Gasteiger partial charge in [-0.2, -0.15) is 13.2 Å². The van der Waals surface area contributed by atoms with Crippen molar-refractivity contribution < 1.29 is 22.7 Å². The van der Waals surface area contributed by atoms with E-state index in [4.69, 9.17) is 0 Å². The molecule has 0 aromatic heterocycles. The minimum Gasteiger partial charge on any atom is -0.465 e. The van der Waals surface area contributed by atoms with Crippen LogP contribution in [-0.2, 0) is 9.53 Å². The summed E-state index contributed by atoms with van der Waals surface area (Å²) in [5, 5.41) is 0. The molecule has 0 spiro atoms. The second-order valence-corrected chi connectivity index (χ2v) is 2.05. The van der Waals surface area contributed by atoms with Gasteiger partial charge in [0.25, 0.3) is 0 Å². The van der Waals surface area contributed by atoms with Crippen LogP contribution < -0.4 is 0 Å². The molecular weight excluding hydrogens is 149 g/mol.